The fourth-order valence-electron chi connectivity index (χ4n) is 1.15. The van der Waals surface area contributed by atoms with Gasteiger partial charge in [-0.05, 0) is 12.8 Å². The Balaban J connectivity index is 2.23. The third kappa shape index (κ3) is 1.38. The standard InChI is InChI=1S/C10H15NO/c1-10(2,3)8-6-11-9(12-8)7-4-5-7/h6-7H,4-5H2,1-3H3. The maximum Gasteiger partial charge on any atom is 0.197 e. The van der Waals surface area contributed by atoms with Crippen molar-refractivity contribution in [3.63, 3.8) is 0 Å². The predicted octanol–water partition coefficient (Wildman–Crippen LogP) is 2.85. The van der Waals surface area contributed by atoms with E-state index in [0.717, 1.165) is 11.7 Å². The molecule has 0 saturated heterocycles. The number of hydrogen-bond acceptors (Lipinski definition) is 2. The molecule has 0 N–H and O–H groups in total. The highest BCUT2D eigenvalue weighted by Crippen LogP contribution is 2.40. The van der Waals surface area contributed by atoms with Gasteiger partial charge in [0.1, 0.15) is 5.76 Å². The molecule has 66 valence electrons. The Kier molecular flexibility index (Phi) is 1.53. The maximum absolute atomic E-state index is 5.66. The topological polar surface area (TPSA) is 26.0 Å². The minimum atomic E-state index is 0.0974. The van der Waals surface area contributed by atoms with E-state index in [1.54, 1.807) is 0 Å². The summed E-state index contributed by atoms with van der Waals surface area (Å²) in [6, 6.07) is 0. The molecule has 0 atom stereocenters. The zero-order valence-corrected chi connectivity index (χ0v) is 7.92. The van der Waals surface area contributed by atoms with Crippen molar-refractivity contribution in [2.24, 2.45) is 0 Å². The summed E-state index contributed by atoms with van der Waals surface area (Å²) in [6.07, 6.45) is 4.38. The molecule has 2 nitrogen and oxygen atoms in total. The van der Waals surface area contributed by atoms with E-state index in [1.165, 1.54) is 12.8 Å². The van der Waals surface area contributed by atoms with Crippen molar-refractivity contribution in [2.45, 2.75) is 44.9 Å². The van der Waals surface area contributed by atoms with Crippen LogP contribution >= 0.6 is 0 Å². The number of hydrogen-bond donors (Lipinski definition) is 0. The van der Waals surface area contributed by atoms with E-state index >= 15 is 0 Å². The largest absolute Gasteiger partial charge is 0.445 e. The van der Waals surface area contributed by atoms with E-state index in [2.05, 4.69) is 25.8 Å². The van der Waals surface area contributed by atoms with Crippen LogP contribution in [0.1, 0.15) is 51.2 Å². The Bertz CT molecular complexity index is 278. The summed E-state index contributed by atoms with van der Waals surface area (Å²) in [7, 11) is 0. The van der Waals surface area contributed by atoms with E-state index in [0.29, 0.717) is 5.92 Å². The Morgan fingerprint density at radius 3 is 2.50 bits per heavy atom. The summed E-state index contributed by atoms with van der Waals surface area (Å²) < 4.78 is 5.66. The average molecular weight is 165 g/mol. The van der Waals surface area contributed by atoms with Crippen molar-refractivity contribution in [1.82, 2.24) is 4.98 Å². The Hall–Kier alpha value is -0.790. The second-order valence-electron chi connectivity index (χ2n) is 4.59. The average Bonchev–Trinajstić information content (AvgIpc) is 2.66. The SMILES string of the molecule is CC(C)(C)c1cnc(C2CC2)o1. The summed E-state index contributed by atoms with van der Waals surface area (Å²) in [5, 5.41) is 0. The van der Waals surface area contributed by atoms with E-state index < -0.39 is 0 Å². The lowest BCUT2D eigenvalue weighted by Gasteiger charge is -2.12. The van der Waals surface area contributed by atoms with E-state index in [-0.39, 0.29) is 5.41 Å². The Morgan fingerprint density at radius 2 is 2.08 bits per heavy atom. The number of rotatable bonds is 1. The van der Waals surface area contributed by atoms with Gasteiger partial charge in [-0.25, -0.2) is 4.98 Å². The lowest BCUT2D eigenvalue weighted by molar-refractivity contribution is 0.383. The fourth-order valence-corrected chi connectivity index (χ4v) is 1.15. The monoisotopic (exact) mass is 165 g/mol. The second-order valence-corrected chi connectivity index (χ2v) is 4.59. The molecule has 0 aromatic carbocycles. The number of nitrogens with zero attached hydrogens (tertiary/aromatic N) is 1. The fraction of sp³-hybridized carbons (Fsp3) is 0.700. The van der Waals surface area contributed by atoms with Crippen LogP contribution in [0.15, 0.2) is 10.6 Å². The van der Waals surface area contributed by atoms with Gasteiger partial charge in [0.05, 0.1) is 6.20 Å². The Morgan fingerprint density at radius 1 is 1.42 bits per heavy atom. The van der Waals surface area contributed by atoms with Gasteiger partial charge in [-0.2, -0.15) is 0 Å². The molecule has 1 aliphatic carbocycles. The summed E-state index contributed by atoms with van der Waals surface area (Å²) in [5.74, 6) is 2.57. The van der Waals surface area contributed by atoms with Gasteiger partial charge in [0.25, 0.3) is 0 Å². The number of oxazole rings is 1. The normalized spacial score (nSPS) is 18.2. The quantitative estimate of drug-likeness (QED) is 0.639. The van der Waals surface area contributed by atoms with Gasteiger partial charge in [0, 0.05) is 11.3 Å². The molecule has 2 rings (SSSR count). The molecule has 0 unspecified atom stereocenters. The van der Waals surface area contributed by atoms with Crippen LogP contribution in [0.2, 0.25) is 0 Å². The smallest absolute Gasteiger partial charge is 0.197 e. The van der Waals surface area contributed by atoms with Crippen molar-refractivity contribution in [1.29, 1.82) is 0 Å². The first-order valence-electron chi connectivity index (χ1n) is 4.53. The van der Waals surface area contributed by atoms with Gasteiger partial charge in [-0.3, -0.25) is 0 Å². The van der Waals surface area contributed by atoms with Crippen LogP contribution in [-0.4, -0.2) is 4.98 Å². The highest BCUT2D eigenvalue weighted by Gasteiger charge is 2.30. The van der Waals surface area contributed by atoms with Gasteiger partial charge in [-0.15, -0.1) is 0 Å². The zero-order chi connectivity index (χ0) is 8.77. The summed E-state index contributed by atoms with van der Waals surface area (Å²) in [6.45, 7) is 6.43. The van der Waals surface area contributed by atoms with Crippen molar-refractivity contribution >= 4 is 0 Å². The van der Waals surface area contributed by atoms with Crippen LogP contribution in [0, 0.1) is 0 Å². The van der Waals surface area contributed by atoms with E-state index in [1.807, 2.05) is 6.20 Å². The minimum absolute atomic E-state index is 0.0974. The summed E-state index contributed by atoms with van der Waals surface area (Å²) in [5.41, 5.74) is 0.0974. The molecule has 1 aromatic rings. The number of aromatic nitrogens is 1. The molecule has 1 aliphatic rings. The first-order valence-corrected chi connectivity index (χ1v) is 4.53. The molecule has 1 aromatic heterocycles. The predicted molar refractivity (Wildman–Crippen MR) is 47.2 cm³/mol. The lowest BCUT2D eigenvalue weighted by atomic mass is 9.94. The van der Waals surface area contributed by atoms with Crippen LogP contribution < -0.4 is 0 Å². The molecule has 1 fully saturated rings. The molecule has 1 saturated carbocycles. The highest BCUT2D eigenvalue weighted by molar-refractivity contribution is 5.10. The van der Waals surface area contributed by atoms with Crippen LogP contribution in [0.3, 0.4) is 0 Å². The second kappa shape index (κ2) is 2.35. The van der Waals surface area contributed by atoms with Gasteiger partial charge in [0.2, 0.25) is 0 Å². The molecule has 12 heavy (non-hydrogen) atoms. The molecule has 1 heterocycles. The molecular formula is C10H15NO. The molecular weight excluding hydrogens is 150 g/mol. The lowest BCUT2D eigenvalue weighted by Crippen LogP contribution is -2.09. The summed E-state index contributed by atoms with van der Waals surface area (Å²) in [4.78, 5) is 4.28. The van der Waals surface area contributed by atoms with Crippen LogP contribution in [0.25, 0.3) is 0 Å². The Labute approximate surface area is 73.0 Å². The van der Waals surface area contributed by atoms with E-state index in [9.17, 15) is 0 Å². The molecule has 0 spiro atoms. The first kappa shape index (κ1) is 7.84. The van der Waals surface area contributed by atoms with Gasteiger partial charge in [0.15, 0.2) is 5.89 Å². The first-order chi connectivity index (χ1) is 5.57. The zero-order valence-electron chi connectivity index (χ0n) is 7.92. The van der Waals surface area contributed by atoms with E-state index in [4.69, 9.17) is 4.42 Å². The molecule has 0 aliphatic heterocycles. The van der Waals surface area contributed by atoms with Crippen molar-refractivity contribution < 1.29 is 4.42 Å². The van der Waals surface area contributed by atoms with Gasteiger partial charge >= 0.3 is 0 Å². The van der Waals surface area contributed by atoms with Crippen molar-refractivity contribution in [3.05, 3.63) is 17.8 Å². The molecule has 2 heteroatoms. The molecule has 0 radical (unpaired) electrons. The van der Waals surface area contributed by atoms with Crippen LogP contribution in [-0.2, 0) is 5.41 Å². The van der Waals surface area contributed by atoms with Crippen molar-refractivity contribution in [3.8, 4) is 0 Å². The minimum Gasteiger partial charge on any atom is -0.445 e. The van der Waals surface area contributed by atoms with Gasteiger partial charge < -0.3 is 4.42 Å². The third-order valence-electron chi connectivity index (χ3n) is 2.19. The highest BCUT2D eigenvalue weighted by atomic mass is 16.4. The van der Waals surface area contributed by atoms with Crippen LogP contribution in [0.4, 0.5) is 0 Å². The van der Waals surface area contributed by atoms with Crippen molar-refractivity contribution in [2.75, 3.05) is 0 Å². The maximum atomic E-state index is 5.66. The van der Waals surface area contributed by atoms with Gasteiger partial charge in [-0.1, -0.05) is 20.8 Å². The molecule has 0 amide bonds. The van der Waals surface area contributed by atoms with Crippen LogP contribution in [0.5, 0.6) is 0 Å². The summed E-state index contributed by atoms with van der Waals surface area (Å²) >= 11 is 0. The molecule has 0 bridgehead atoms. The third-order valence-corrected chi connectivity index (χ3v) is 2.19.